The molecule has 0 bridgehead atoms. The van der Waals surface area contributed by atoms with Gasteiger partial charge in [0.15, 0.2) is 0 Å². The van der Waals surface area contributed by atoms with Crippen LogP contribution in [-0.2, 0) is 14.3 Å². The summed E-state index contributed by atoms with van der Waals surface area (Å²) in [6.45, 7) is 4.86. The first-order chi connectivity index (χ1) is 35.0. The predicted molar refractivity (Wildman–Crippen MR) is 310 cm³/mol. The minimum absolute atomic E-state index is 0.00971. The van der Waals surface area contributed by atoms with Gasteiger partial charge in [0.2, 0.25) is 5.91 Å². The largest absolute Gasteiger partial charge is 0.466 e. The molecular weight excluding hydrogens is 875 g/mol. The Bertz CT molecular complexity index is 1190. The van der Waals surface area contributed by atoms with E-state index in [1.807, 2.05) is 6.08 Å². The Hall–Kier alpha value is -2.18. The van der Waals surface area contributed by atoms with Crippen molar-refractivity contribution in [3.8, 4) is 0 Å². The van der Waals surface area contributed by atoms with E-state index < -0.39 is 12.1 Å². The number of hydrogen-bond acceptors (Lipinski definition) is 5. The lowest BCUT2D eigenvalue weighted by molar-refractivity contribution is -0.143. The summed E-state index contributed by atoms with van der Waals surface area (Å²) in [7, 11) is 0. The van der Waals surface area contributed by atoms with Crippen LogP contribution in [0.5, 0.6) is 0 Å². The van der Waals surface area contributed by atoms with Crippen LogP contribution in [0, 0.1) is 0 Å². The minimum Gasteiger partial charge on any atom is -0.466 e. The summed E-state index contributed by atoms with van der Waals surface area (Å²) in [5.74, 6) is -0.0629. The average molecular weight is 997 g/mol. The topological polar surface area (TPSA) is 95.9 Å². The molecule has 0 aromatic rings. The Morgan fingerprint density at radius 1 is 0.394 bits per heavy atom. The molecule has 6 heteroatoms. The van der Waals surface area contributed by atoms with Crippen LogP contribution in [0.25, 0.3) is 0 Å². The van der Waals surface area contributed by atoms with Gasteiger partial charge in [-0.3, -0.25) is 9.59 Å². The summed E-state index contributed by atoms with van der Waals surface area (Å²) in [6.07, 6.45) is 77.4. The zero-order chi connectivity index (χ0) is 51.4. The lowest BCUT2D eigenvalue weighted by Crippen LogP contribution is -2.45. The Morgan fingerprint density at radius 2 is 0.704 bits per heavy atom. The summed E-state index contributed by atoms with van der Waals surface area (Å²) in [4.78, 5) is 24.5. The van der Waals surface area contributed by atoms with Crippen molar-refractivity contribution in [3.63, 3.8) is 0 Å². The number of aliphatic hydroxyl groups excluding tert-OH is 2. The third-order valence-electron chi connectivity index (χ3n) is 14.3. The number of allylic oxidation sites excluding steroid dienone is 7. The molecule has 0 radical (unpaired) electrons. The van der Waals surface area contributed by atoms with Crippen LogP contribution in [0.4, 0.5) is 0 Å². The Labute approximate surface area is 442 Å². The lowest BCUT2D eigenvalue weighted by Gasteiger charge is -2.20. The van der Waals surface area contributed by atoms with Gasteiger partial charge in [-0.05, 0) is 89.9 Å². The maximum Gasteiger partial charge on any atom is 0.305 e. The number of rotatable bonds is 58. The maximum atomic E-state index is 12.4. The highest BCUT2D eigenvalue weighted by Crippen LogP contribution is 2.17. The second-order valence-electron chi connectivity index (χ2n) is 21.4. The van der Waals surface area contributed by atoms with Gasteiger partial charge in [0, 0.05) is 12.8 Å². The van der Waals surface area contributed by atoms with E-state index in [0.29, 0.717) is 19.4 Å². The summed E-state index contributed by atoms with van der Waals surface area (Å²) in [6, 6.07) is -0.628. The molecule has 0 heterocycles. The van der Waals surface area contributed by atoms with Crippen molar-refractivity contribution >= 4 is 11.9 Å². The molecular formula is C65H121NO5. The van der Waals surface area contributed by atoms with Crippen molar-refractivity contribution in [2.45, 2.75) is 341 Å². The first-order valence-electron chi connectivity index (χ1n) is 31.4. The third kappa shape index (κ3) is 57.0. The molecule has 0 saturated carbocycles. The molecule has 2 unspecified atom stereocenters. The van der Waals surface area contributed by atoms with E-state index in [0.717, 1.165) is 51.4 Å². The number of nitrogens with one attached hydrogen (secondary N) is 1. The summed E-state index contributed by atoms with van der Waals surface area (Å²) >= 11 is 0. The average Bonchev–Trinajstić information content (AvgIpc) is 3.37. The van der Waals surface area contributed by atoms with E-state index in [1.165, 1.54) is 250 Å². The maximum absolute atomic E-state index is 12.4. The number of hydrogen-bond donors (Lipinski definition) is 3. The monoisotopic (exact) mass is 996 g/mol. The van der Waals surface area contributed by atoms with Crippen molar-refractivity contribution in [2.24, 2.45) is 0 Å². The van der Waals surface area contributed by atoms with Gasteiger partial charge in [-0.1, -0.05) is 274 Å². The van der Waals surface area contributed by atoms with Gasteiger partial charge >= 0.3 is 5.97 Å². The highest BCUT2D eigenvalue weighted by Gasteiger charge is 2.18. The fraction of sp³-hybridized carbons (Fsp3) is 0.846. The van der Waals surface area contributed by atoms with E-state index in [4.69, 9.17) is 4.74 Å². The normalized spacial score (nSPS) is 12.9. The van der Waals surface area contributed by atoms with Gasteiger partial charge in [-0.2, -0.15) is 0 Å². The number of amides is 1. The molecule has 71 heavy (non-hydrogen) atoms. The van der Waals surface area contributed by atoms with Crippen molar-refractivity contribution in [1.29, 1.82) is 0 Å². The zero-order valence-corrected chi connectivity index (χ0v) is 47.5. The number of carbonyl (C=O) groups is 2. The first-order valence-corrected chi connectivity index (χ1v) is 31.4. The fourth-order valence-electron chi connectivity index (χ4n) is 9.48. The number of aliphatic hydroxyl groups is 2. The second-order valence-corrected chi connectivity index (χ2v) is 21.4. The van der Waals surface area contributed by atoms with E-state index >= 15 is 0 Å². The molecule has 0 aliphatic carbocycles. The van der Waals surface area contributed by atoms with Crippen molar-refractivity contribution in [2.75, 3.05) is 13.2 Å². The predicted octanol–water partition coefficient (Wildman–Crippen LogP) is 19.7. The molecule has 0 aliphatic heterocycles. The summed E-state index contributed by atoms with van der Waals surface area (Å²) in [5.41, 5.74) is 0. The number of ether oxygens (including phenoxy) is 1. The zero-order valence-electron chi connectivity index (χ0n) is 47.5. The van der Waals surface area contributed by atoms with E-state index in [1.54, 1.807) is 6.08 Å². The van der Waals surface area contributed by atoms with Crippen molar-refractivity contribution < 1.29 is 24.5 Å². The summed E-state index contributed by atoms with van der Waals surface area (Å²) < 4.78 is 5.50. The Kier molecular flexibility index (Phi) is 58.5. The smallest absolute Gasteiger partial charge is 0.305 e. The fourth-order valence-corrected chi connectivity index (χ4v) is 9.48. The molecule has 0 rings (SSSR count). The van der Waals surface area contributed by atoms with Crippen LogP contribution in [0.2, 0.25) is 0 Å². The van der Waals surface area contributed by atoms with E-state index in [-0.39, 0.29) is 18.5 Å². The minimum atomic E-state index is -0.844. The molecule has 6 nitrogen and oxygen atoms in total. The second kappa shape index (κ2) is 60.4. The Morgan fingerprint density at radius 3 is 1.11 bits per heavy atom. The van der Waals surface area contributed by atoms with Crippen LogP contribution in [-0.4, -0.2) is 47.4 Å². The van der Waals surface area contributed by atoms with Crippen molar-refractivity contribution in [1.82, 2.24) is 5.32 Å². The summed E-state index contributed by atoms with van der Waals surface area (Å²) in [5, 5.41) is 22.9. The first kappa shape index (κ1) is 68.8. The number of unbranched alkanes of at least 4 members (excludes halogenated alkanes) is 41. The van der Waals surface area contributed by atoms with Crippen LogP contribution >= 0.6 is 0 Å². The molecule has 0 spiro atoms. The molecule has 0 aromatic heterocycles. The number of esters is 1. The highest BCUT2D eigenvalue weighted by atomic mass is 16.5. The molecule has 416 valence electrons. The molecule has 0 aromatic carbocycles. The molecule has 0 fully saturated rings. The molecule has 0 saturated heterocycles. The molecule has 1 amide bonds. The van der Waals surface area contributed by atoms with Gasteiger partial charge in [0.05, 0.1) is 25.4 Å². The van der Waals surface area contributed by atoms with Gasteiger partial charge in [-0.25, -0.2) is 0 Å². The van der Waals surface area contributed by atoms with Gasteiger partial charge < -0.3 is 20.3 Å². The van der Waals surface area contributed by atoms with Crippen LogP contribution in [0.15, 0.2) is 48.6 Å². The van der Waals surface area contributed by atoms with Crippen LogP contribution in [0.3, 0.4) is 0 Å². The van der Waals surface area contributed by atoms with Gasteiger partial charge in [-0.15, -0.1) is 0 Å². The van der Waals surface area contributed by atoms with Crippen LogP contribution < -0.4 is 5.32 Å². The standard InChI is InChI=1S/C65H121NO5/c1-3-5-7-9-11-13-14-15-16-17-26-30-33-36-39-43-47-51-55-59-65(70)71-60-56-52-48-44-40-37-34-31-28-25-23-21-19-18-20-22-24-27-29-32-35-38-42-46-50-54-58-64(69)66-62(61-67)63(68)57-53-49-45-41-12-10-8-6-4-2/h11,13,15-16,18,20,53,57,62-63,67-68H,3-10,12,14,17,19,21-52,54-56,58-61H2,1-2H3,(H,66,69)/b13-11-,16-15-,20-18-,57-53+. The lowest BCUT2D eigenvalue weighted by atomic mass is 10.0. The molecule has 2 atom stereocenters. The SMILES string of the molecule is CCCCC/C=C\C/C=C\CCCCCCCCCCCC(=O)OCCCCCCCCCCCCCC/C=C\CCCCCCCCCCCCC(=O)NC(CO)C(O)/C=C/CCCCCCCCC. The third-order valence-corrected chi connectivity index (χ3v) is 14.3. The number of carbonyl (C=O) groups excluding carboxylic acids is 2. The van der Waals surface area contributed by atoms with Gasteiger partial charge in [0.25, 0.3) is 0 Å². The van der Waals surface area contributed by atoms with E-state index in [2.05, 4.69) is 55.6 Å². The van der Waals surface area contributed by atoms with Crippen LogP contribution in [0.1, 0.15) is 328 Å². The highest BCUT2D eigenvalue weighted by molar-refractivity contribution is 5.76. The van der Waals surface area contributed by atoms with Gasteiger partial charge in [0.1, 0.15) is 0 Å². The quantitative estimate of drug-likeness (QED) is 0.0321. The molecule has 0 aliphatic rings. The Balaban J connectivity index is 3.37. The van der Waals surface area contributed by atoms with Crippen molar-refractivity contribution in [3.05, 3.63) is 48.6 Å². The molecule has 3 N–H and O–H groups in total. The van der Waals surface area contributed by atoms with E-state index in [9.17, 15) is 19.8 Å².